The minimum Gasteiger partial charge on any atom is -0.507 e. The van der Waals surface area contributed by atoms with Crippen molar-refractivity contribution in [3.8, 4) is 16.9 Å². The first-order chi connectivity index (χ1) is 7.18. The molecule has 0 aromatic heterocycles. The van der Waals surface area contributed by atoms with E-state index in [4.69, 9.17) is 0 Å². The Morgan fingerprint density at radius 1 is 0.933 bits per heavy atom. The first-order valence-corrected chi connectivity index (χ1v) is 4.42. The van der Waals surface area contributed by atoms with Gasteiger partial charge in [-0.25, -0.2) is 8.78 Å². The smallest absolute Gasteiger partial charge is 0.134 e. The molecule has 0 amide bonds. The largest absolute Gasteiger partial charge is 0.507 e. The van der Waals surface area contributed by atoms with Crippen LogP contribution in [0.1, 0.15) is 0 Å². The topological polar surface area (TPSA) is 20.2 Å². The van der Waals surface area contributed by atoms with Crippen LogP contribution in [0.15, 0.2) is 42.5 Å². The van der Waals surface area contributed by atoms with Gasteiger partial charge >= 0.3 is 0 Å². The highest BCUT2D eigenvalue weighted by Crippen LogP contribution is 2.31. The van der Waals surface area contributed by atoms with Gasteiger partial charge in [0.05, 0.1) is 5.56 Å². The van der Waals surface area contributed by atoms with Crippen LogP contribution in [0.5, 0.6) is 5.75 Å². The van der Waals surface area contributed by atoms with Gasteiger partial charge < -0.3 is 5.11 Å². The molecule has 2 aromatic carbocycles. The van der Waals surface area contributed by atoms with Crippen LogP contribution in [0, 0.1) is 11.6 Å². The highest BCUT2D eigenvalue weighted by molar-refractivity contribution is 5.70. The molecule has 3 heteroatoms. The molecule has 0 fully saturated rings. The molecular formula is C12H8F2O. The standard InChI is InChI=1S/C12H8F2O/c13-9-4-1-3-8(7-9)12-10(14)5-2-6-11(12)15/h1-7,15H. The van der Waals surface area contributed by atoms with Gasteiger partial charge in [-0.15, -0.1) is 0 Å². The van der Waals surface area contributed by atoms with Crippen molar-refractivity contribution in [2.24, 2.45) is 0 Å². The van der Waals surface area contributed by atoms with Crippen molar-refractivity contribution in [1.82, 2.24) is 0 Å². The van der Waals surface area contributed by atoms with Crippen LogP contribution in [0.4, 0.5) is 8.78 Å². The lowest BCUT2D eigenvalue weighted by molar-refractivity contribution is 0.472. The van der Waals surface area contributed by atoms with Gasteiger partial charge in [0, 0.05) is 0 Å². The summed E-state index contributed by atoms with van der Waals surface area (Å²) in [7, 11) is 0. The first kappa shape index (κ1) is 9.65. The Balaban J connectivity index is 2.63. The Morgan fingerprint density at radius 3 is 2.33 bits per heavy atom. The highest BCUT2D eigenvalue weighted by atomic mass is 19.1. The maximum atomic E-state index is 13.4. The van der Waals surface area contributed by atoms with Crippen molar-refractivity contribution >= 4 is 0 Å². The molecule has 15 heavy (non-hydrogen) atoms. The van der Waals surface area contributed by atoms with Gasteiger partial charge in [-0.05, 0) is 29.8 Å². The molecule has 0 spiro atoms. The fourth-order valence-electron chi connectivity index (χ4n) is 1.44. The molecule has 0 aliphatic heterocycles. The molecular weight excluding hydrogens is 198 g/mol. The molecule has 1 N–H and O–H groups in total. The Kier molecular flexibility index (Phi) is 2.37. The van der Waals surface area contributed by atoms with Gasteiger partial charge in [0.2, 0.25) is 0 Å². The number of phenolic OH excluding ortho intramolecular Hbond substituents is 1. The molecule has 2 aromatic rings. The molecule has 0 aliphatic rings. The van der Waals surface area contributed by atoms with Crippen molar-refractivity contribution in [1.29, 1.82) is 0 Å². The number of aromatic hydroxyl groups is 1. The second-order valence-corrected chi connectivity index (χ2v) is 3.14. The zero-order chi connectivity index (χ0) is 10.8. The Bertz CT molecular complexity index is 474. The third-order valence-electron chi connectivity index (χ3n) is 2.10. The highest BCUT2D eigenvalue weighted by Gasteiger charge is 2.10. The van der Waals surface area contributed by atoms with Gasteiger partial charge in [0.15, 0.2) is 0 Å². The molecule has 76 valence electrons. The summed E-state index contributed by atoms with van der Waals surface area (Å²) < 4.78 is 26.3. The molecule has 0 bridgehead atoms. The Morgan fingerprint density at radius 2 is 1.67 bits per heavy atom. The van der Waals surface area contributed by atoms with Crippen LogP contribution in [-0.4, -0.2) is 5.11 Å². The Hall–Kier alpha value is -1.90. The average Bonchev–Trinajstić information content (AvgIpc) is 2.17. The number of phenols is 1. The maximum Gasteiger partial charge on any atom is 0.134 e. The van der Waals surface area contributed by atoms with E-state index in [1.807, 2.05) is 0 Å². The van der Waals surface area contributed by atoms with E-state index in [0.29, 0.717) is 5.56 Å². The second kappa shape index (κ2) is 3.69. The lowest BCUT2D eigenvalue weighted by Crippen LogP contribution is -1.85. The SMILES string of the molecule is Oc1cccc(F)c1-c1cccc(F)c1. The molecule has 0 heterocycles. The fraction of sp³-hybridized carbons (Fsp3) is 0. The molecule has 2 rings (SSSR count). The number of hydrogen-bond donors (Lipinski definition) is 1. The van der Waals surface area contributed by atoms with E-state index >= 15 is 0 Å². The summed E-state index contributed by atoms with van der Waals surface area (Å²) in [5.41, 5.74) is 0.350. The van der Waals surface area contributed by atoms with E-state index in [9.17, 15) is 13.9 Å². The molecule has 0 unspecified atom stereocenters. The van der Waals surface area contributed by atoms with Crippen molar-refractivity contribution in [2.45, 2.75) is 0 Å². The number of hydrogen-bond acceptors (Lipinski definition) is 1. The van der Waals surface area contributed by atoms with Crippen LogP contribution in [0.3, 0.4) is 0 Å². The van der Waals surface area contributed by atoms with E-state index < -0.39 is 11.6 Å². The lowest BCUT2D eigenvalue weighted by Gasteiger charge is -2.05. The van der Waals surface area contributed by atoms with Gasteiger partial charge in [-0.3, -0.25) is 0 Å². The Labute approximate surface area is 85.6 Å². The van der Waals surface area contributed by atoms with Crippen molar-refractivity contribution in [2.75, 3.05) is 0 Å². The lowest BCUT2D eigenvalue weighted by atomic mass is 10.0. The van der Waals surface area contributed by atoms with Crippen LogP contribution < -0.4 is 0 Å². The monoisotopic (exact) mass is 206 g/mol. The molecule has 1 nitrogen and oxygen atoms in total. The quantitative estimate of drug-likeness (QED) is 0.758. The number of rotatable bonds is 1. The minimum atomic E-state index is -0.569. The predicted molar refractivity (Wildman–Crippen MR) is 53.5 cm³/mol. The van der Waals surface area contributed by atoms with Crippen LogP contribution in [0.25, 0.3) is 11.1 Å². The third kappa shape index (κ3) is 1.81. The van der Waals surface area contributed by atoms with Gasteiger partial charge in [-0.2, -0.15) is 0 Å². The summed E-state index contributed by atoms with van der Waals surface area (Å²) in [5.74, 6) is -1.23. The van der Waals surface area contributed by atoms with E-state index in [1.165, 1.54) is 36.4 Å². The van der Waals surface area contributed by atoms with Crippen molar-refractivity contribution in [3.63, 3.8) is 0 Å². The summed E-state index contributed by atoms with van der Waals surface area (Å²) in [5, 5.41) is 9.47. The second-order valence-electron chi connectivity index (χ2n) is 3.14. The van der Waals surface area contributed by atoms with Gasteiger partial charge in [0.25, 0.3) is 0 Å². The fourth-order valence-corrected chi connectivity index (χ4v) is 1.44. The molecule has 0 saturated carbocycles. The van der Waals surface area contributed by atoms with Gasteiger partial charge in [-0.1, -0.05) is 18.2 Å². The van der Waals surface area contributed by atoms with Crippen molar-refractivity contribution in [3.05, 3.63) is 54.1 Å². The summed E-state index contributed by atoms with van der Waals surface area (Å²) in [6.45, 7) is 0. The van der Waals surface area contributed by atoms with E-state index in [-0.39, 0.29) is 11.3 Å². The van der Waals surface area contributed by atoms with E-state index in [1.54, 1.807) is 6.07 Å². The normalized spacial score (nSPS) is 10.3. The van der Waals surface area contributed by atoms with Gasteiger partial charge in [0.1, 0.15) is 17.4 Å². The summed E-state index contributed by atoms with van der Waals surface area (Å²) in [6, 6.07) is 9.44. The molecule has 0 aliphatic carbocycles. The summed E-state index contributed by atoms with van der Waals surface area (Å²) >= 11 is 0. The molecule has 0 atom stereocenters. The minimum absolute atomic E-state index is 0.0250. The summed E-state index contributed by atoms with van der Waals surface area (Å²) in [4.78, 5) is 0. The average molecular weight is 206 g/mol. The summed E-state index contributed by atoms with van der Waals surface area (Å²) in [6.07, 6.45) is 0. The van der Waals surface area contributed by atoms with Crippen LogP contribution >= 0.6 is 0 Å². The van der Waals surface area contributed by atoms with E-state index in [0.717, 1.165) is 0 Å². The van der Waals surface area contributed by atoms with Crippen LogP contribution in [-0.2, 0) is 0 Å². The zero-order valence-corrected chi connectivity index (χ0v) is 7.74. The third-order valence-corrected chi connectivity index (χ3v) is 2.10. The maximum absolute atomic E-state index is 13.4. The number of halogens is 2. The van der Waals surface area contributed by atoms with E-state index in [2.05, 4.69) is 0 Å². The predicted octanol–water partition coefficient (Wildman–Crippen LogP) is 3.34. The number of benzene rings is 2. The van der Waals surface area contributed by atoms with Crippen LogP contribution in [0.2, 0.25) is 0 Å². The van der Waals surface area contributed by atoms with Crippen molar-refractivity contribution < 1.29 is 13.9 Å². The molecule has 0 radical (unpaired) electrons. The first-order valence-electron chi connectivity index (χ1n) is 4.42. The zero-order valence-electron chi connectivity index (χ0n) is 7.74. The molecule has 0 saturated heterocycles.